The molecule has 5 rings (SSSR count). The molecule has 0 fully saturated rings. The maximum absolute atomic E-state index is 14.0. The Balaban J connectivity index is 0.00000442. The molecule has 0 atom stereocenters. The molecule has 3 aromatic carbocycles. The number of nitrogens with one attached hydrogen (secondary N) is 1. The number of hydrogen-bond donors (Lipinski definition) is 2. The van der Waals surface area contributed by atoms with E-state index in [1.807, 2.05) is 81.4 Å². The topological polar surface area (TPSA) is 123 Å². The van der Waals surface area contributed by atoms with E-state index in [2.05, 4.69) is 17.1 Å². The van der Waals surface area contributed by atoms with Crippen molar-refractivity contribution in [2.24, 2.45) is 0 Å². The second kappa shape index (κ2) is 14.8. The standard InChI is InChI=1S/C34H36N4O5.K.H/c1-5-6-11-30-29(32(40)38(22(2)35-30)25-16-18-26(19-17-25)42-34(3,4)21-39)20-23-12-14-24(15-13-23)27-9-7-8-10-28(27)31-36-33(41)43-37-31;;/h7-10,12-19,39H,5-6,11,20-21H2,1-4H3,(H,36,37,41);;. The molecule has 44 heavy (non-hydrogen) atoms. The van der Waals surface area contributed by atoms with Gasteiger partial charge in [0.2, 0.25) is 0 Å². The van der Waals surface area contributed by atoms with Gasteiger partial charge in [-0.25, -0.2) is 9.78 Å². The normalized spacial score (nSPS) is 11.3. The quantitative estimate of drug-likeness (QED) is 0.200. The first kappa shape index (κ1) is 33.8. The molecule has 9 nitrogen and oxygen atoms in total. The molecule has 10 heteroatoms. The van der Waals surface area contributed by atoms with Crippen molar-refractivity contribution < 1.29 is 14.4 Å². The van der Waals surface area contributed by atoms with Gasteiger partial charge in [-0.2, -0.15) is 0 Å². The number of aromatic amines is 1. The Kier molecular flexibility index (Phi) is 11.3. The summed E-state index contributed by atoms with van der Waals surface area (Å²) in [5.74, 6) is 0.999. The predicted octanol–water partition coefficient (Wildman–Crippen LogP) is 4.99. The molecular weight excluding hydrogens is 583 g/mol. The zero-order chi connectivity index (χ0) is 30.6. The van der Waals surface area contributed by atoms with Crippen LogP contribution in [-0.2, 0) is 12.8 Å². The Morgan fingerprint density at radius 2 is 1.66 bits per heavy atom. The van der Waals surface area contributed by atoms with Crippen LogP contribution in [0.2, 0.25) is 0 Å². The van der Waals surface area contributed by atoms with Crippen molar-refractivity contribution in [3.05, 3.63) is 116 Å². The SMILES string of the molecule is CCCCc1nc(C)n(-c2ccc(OC(C)(C)CO)cc2)c(=O)c1Cc1ccc(-c2ccccc2-c2noc(=O)[nH]2)cc1.[KH]. The van der Waals surface area contributed by atoms with Crippen LogP contribution in [0.3, 0.4) is 0 Å². The third-order valence-electron chi connectivity index (χ3n) is 7.34. The van der Waals surface area contributed by atoms with Gasteiger partial charge in [-0.1, -0.05) is 67.0 Å². The maximum atomic E-state index is 14.0. The van der Waals surface area contributed by atoms with Crippen molar-refractivity contribution >= 4 is 51.4 Å². The third kappa shape index (κ3) is 7.74. The molecule has 0 radical (unpaired) electrons. The minimum atomic E-state index is -0.712. The number of nitrogens with zero attached hydrogens (tertiary/aromatic N) is 3. The van der Waals surface area contributed by atoms with Gasteiger partial charge in [0.05, 0.1) is 18.0 Å². The molecule has 2 N–H and O–H groups in total. The summed E-state index contributed by atoms with van der Waals surface area (Å²) in [7, 11) is 0. The molecule has 0 aliphatic rings. The fourth-order valence-electron chi connectivity index (χ4n) is 5.06. The van der Waals surface area contributed by atoms with E-state index in [1.54, 1.807) is 16.7 Å². The van der Waals surface area contributed by atoms with Gasteiger partial charge < -0.3 is 9.84 Å². The Morgan fingerprint density at radius 1 is 0.977 bits per heavy atom. The number of aromatic nitrogens is 4. The van der Waals surface area contributed by atoms with E-state index in [4.69, 9.17) is 14.2 Å². The van der Waals surface area contributed by atoms with Gasteiger partial charge in [0.1, 0.15) is 17.2 Å². The fraction of sp³-hybridized carbons (Fsp3) is 0.294. The summed E-state index contributed by atoms with van der Waals surface area (Å²) in [6.45, 7) is 7.49. The van der Waals surface area contributed by atoms with E-state index in [-0.39, 0.29) is 63.6 Å². The second-order valence-corrected chi connectivity index (χ2v) is 11.2. The van der Waals surface area contributed by atoms with Crippen LogP contribution in [0.4, 0.5) is 0 Å². The first-order valence-electron chi connectivity index (χ1n) is 14.5. The first-order valence-corrected chi connectivity index (χ1v) is 14.5. The van der Waals surface area contributed by atoms with Gasteiger partial charge in [-0.3, -0.25) is 18.9 Å². The average Bonchev–Trinajstić information content (AvgIpc) is 3.44. The van der Waals surface area contributed by atoms with Crippen molar-refractivity contribution in [2.75, 3.05) is 6.61 Å². The summed E-state index contributed by atoms with van der Waals surface area (Å²) in [5.41, 5.74) is 4.98. The zero-order valence-electron chi connectivity index (χ0n) is 24.9. The summed E-state index contributed by atoms with van der Waals surface area (Å²) in [6.07, 6.45) is 3.11. The molecule has 2 heterocycles. The molecule has 2 aromatic heterocycles. The number of aliphatic hydroxyl groups is 1. The van der Waals surface area contributed by atoms with E-state index < -0.39 is 11.4 Å². The first-order chi connectivity index (χ1) is 20.7. The van der Waals surface area contributed by atoms with Crippen molar-refractivity contribution in [3.8, 4) is 34.0 Å². The van der Waals surface area contributed by atoms with Gasteiger partial charge in [0.25, 0.3) is 5.56 Å². The van der Waals surface area contributed by atoms with Gasteiger partial charge in [0, 0.05) is 17.5 Å². The summed E-state index contributed by atoms with van der Waals surface area (Å²) < 4.78 is 12.2. The number of unbranched alkanes of at least 4 members (excludes halogenated alkanes) is 1. The van der Waals surface area contributed by atoms with Gasteiger partial charge in [0.15, 0.2) is 5.82 Å². The molecular formula is C34H37KN4O5. The van der Waals surface area contributed by atoms with Crippen LogP contribution in [0.1, 0.15) is 56.3 Å². The van der Waals surface area contributed by atoms with E-state index >= 15 is 0 Å². The molecule has 0 unspecified atom stereocenters. The number of hydrogen-bond acceptors (Lipinski definition) is 7. The number of ether oxygens (including phenoxy) is 1. The summed E-state index contributed by atoms with van der Waals surface area (Å²) in [4.78, 5) is 33.1. The molecule has 0 bridgehead atoms. The number of benzene rings is 3. The van der Waals surface area contributed by atoms with Crippen molar-refractivity contribution in [1.82, 2.24) is 19.7 Å². The Morgan fingerprint density at radius 3 is 2.27 bits per heavy atom. The Labute approximate surface area is 298 Å². The predicted molar refractivity (Wildman–Crippen MR) is 173 cm³/mol. The van der Waals surface area contributed by atoms with E-state index in [9.17, 15) is 14.7 Å². The molecule has 224 valence electrons. The molecule has 0 spiro atoms. The molecule has 0 amide bonds. The molecule has 0 saturated carbocycles. The van der Waals surface area contributed by atoms with Crippen molar-refractivity contribution in [1.29, 1.82) is 0 Å². The van der Waals surface area contributed by atoms with Crippen molar-refractivity contribution in [3.63, 3.8) is 0 Å². The van der Waals surface area contributed by atoms with Crippen LogP contribution in [0.25, 0.3) is 28.2 Å². The van der Waals surface area contributed by atoms with Crippen LogP contribution >= 0.6 is 0 Å². The molecule has 0 saturated heterocycles. The van der Waals surface area contributed by atoms with Gasteiger partial charge in [-0.15, -0.1) is 0 Å². The van der Waals surface area contributed by atoms with E-state index in [0.29, 0.717) is 35.1 Å². The van der Waals surface area contributed by atoms with Crippen LogP contribution < -0.4 is 16.1 Å². The van der Waals surface area contributed by atoms with Gasteiger partial charge >= 0.3 is 57.1 Å². The zero-order valence-corrected chi connectivity index (χ0v) is 24.9. The fourth-order valence-corrected chi connectivity index (χ4v) is 5.06. The number of aryl methyl sites for hydroxylation is 2. The van der Waals surface area contributed by atoms with Crippen LogP contribution in [0.5, 0.6) is 5.75 Å². The number of H-pyrrole nitrogens is 1. The van der Waals surface area contributed by atoms with Crippen LogP contribution in [0, 0.1) is 6.92 Å². The van der Waals surface area contributed by atoms with Crippen LogP contribution in [-0.4, -0.2) is 88.4 Å². The Hall–Kier alpha value is -3.12. The number of rotatable bonds is 11. The molecule has 5 aromatic rings. The van der Waals surface area contributed by atoms with Gasteiger partial charge in [-0.05, 0) is 74.6 Å². The molecule has 0 aliphatic carbocycles. The second-order valence-electron chi connectivity index (χ2n) is 11.2. The van der Waals surface area contributed by atoms with Crippen molar-refractivity contribution in [2.45, 2.75) is 59.0 Å². The average molecular weight is 621 g/mol. The number of aliphatic hydroxyl groups excluding tert-OH is 1. The van der Waals surface area contributed by atoms with E-state index in [0.717, 1.165) is 47.2 Å². The summed E-state index contributed by atoms with van der Waals surface area (Å²) in [6, 6.07) is 23.0. The van der Waals surface area contributed by atoms with Crippen LogP contribution in [0.15, 0.2) is 86.9 Å². The summed E-state index contributed by atoms with van der Waals surface area (Å²) in [5, 5.41) is 13.4. The summed E-state index contributed by atoms with van der Waals surface area (Å²) >= 11 is 0. The molecule has 0 aliphatic heterocycles. The monoisotopic (exact) mass is 620 g/mol. The minimum absolute atomic E-state index is 0. The third-order valence-corrected chi connectivity index (χ3v) is 7.34. The Bertz CT molecular complexity index is 1820. The van der Waals surface area contributed by atoms with E-state index in [1.165, 1.54) is 0 Å².